The quantitative estimate of drug-likeness (QED) is 0.539. The van der Waals surface area contributed by atoms with Crippen molar-refractivity contribution in [3.8, 4) is 0 Å². The van der Waals surface area contributed by atoms with Crippen molar-refractivity contribution in [1.29, 1.82) is 0 Å². The molecule has 0 fully saturated rings. The van der Waals surface area contributed by atoms with E-state index in [1.165, 1.54) is 0 Å². The molecule has 1 heterocycles. The molecule has 1 rings (SSSR count). The molecule has 3 heteroatoms. The van der Waals surface area contributed by atoms with Crippen molar-refractivity contribution in [3.63, 3.8) is 0 Å². The lowest BCUT2D eigenvalue weighted by molar-refractivity contribution is 0.174. The minimum Gasteiger partial charge on any atom is -0.280 e. The van der Waals surface area contributed by atoms with Crippen molar-refractivity contribution >= 4 is 0 Å². The van der Waals surface area contributed by atoms with Crippen LogP contribution >= 0.6 is 0 Å². The van der Waals surface area contributed by atoms with Gasteiger partial charge in [0.2, 0.25) is 0 Å². The van der Waals surface area contributed by atoms with Gasteiger partial charge in [-0.25, -0.2) is 5.11 Å². The van der Waals surface area contributed by atoms with Gasteiger partial charge in [0.1, 0.15) is 6.61 Å². The van der Waals surface area contributed by atoms with Gasteiger partial charge in [-0.2, -0.15) is 5.10 Å². The number of nitrogens with one attached hydrogen (secondary N) is 1. The topological polar surface area (TPSA) is 48.6 Å². The molecular formula is C4H5N2O. The summed E-state index contributed by atoms with van der Waals surface area (Å²) in [6.07, 6.45) is 1.56. The average molecular weight is 97.1 g/mol. The average Bonchev–Trinajstić information content (AvgIpc) is 2.14. The fraction of sp³-hybridized carbons (Fsp3) is 0.250. The second-order valence-electron chi connectivity index (χ2n) is 1.23. The highest BCUT2D eigenvalue weighted by Crippen LogP contribution is 1.87. The van der Waals surface area contributed by atoms with E-state index in [9.17, 15) is 5.11 Å². The zero-order chi connectivity index (χ0) is 5.11. The molecule has 0 amide bonds. The predicted octanol–water partition coefficient (Wildman–Crippen LogP) is 0.340. The van der Waals surface area contributed by atoms with Crippen LogP contribution in [0.2, 0.25) is 0 Å². The molecule has 0 spiro atoms. The monoisotopic (exact) mass is 97.0 g/mol. The summed E-state index contributed by atoms with van der Waals surface area (Å²) in [6.45, 7) is -0.208. The highest BCUT2D eigenvalue weighted by molar-refractivity contribution is 4.93. The Hall–Kier alpha value is -0.830. The maximum atomic E-state index is 9.92. The molecule has 0 unspecified atom stereocenters. The van der Waals surface area contributed by atoms with E-state index in [1.54, 1.807) is 12.3 Å². The number of aromatic nitrogens is 2. The van der Waals surface area contributed by atoms with E-state index in [0.717, 1.165) is 0 Å². The first-order valence-corrected chi connectivity index (χ1v) is 2.00. The number of H-pyrrole nitrogens is 1. The molecule has 0 saturated heterocycles. The zero-order valence-electron chi connectivity index (χ0n) is 3.72. The van der Waals surface area contributed by atoms with Crippen LogP contribution in [0.4, 0.5) is 0 Å². The van der Waals surface area contributed by atoms with Crippen LogP contribution in [0.15, 0.2) is 12.3 Å². The fourth-order valence-electron chi connectivity index (χ4n) is 0.365. The van der Waals surface area contributed by atoms with Crippen molar-refractivity contribution in [3.05, 3.63) is 18.0 Å². The predicted molar refractivity (Wildman–Crippen MR) is 23.0 cm³/mol. The summed E-state index contributed by atoms with van der Waals surface area (Å²) in [5, 5.41) is 16.0. The van der Waals surface area contributed by atoms with Gasteiger partial charge in [-0.1, -0.05) is 0 Å². The standard InChI is InChI=1S/C4H5N2O/c7-3-4-1-2-5-6-4/h1-2H,3H2,(H,5,6). The molecule has 0 aromatic carbocycles. The van der Waals surface area contributed by atoms with Gasteiger partial charge in [-0.05, 0) is 6.07 Å². The largest absolute Gasteiger partial charge is 0.280 e. The third-order valence-corrected chi connectivity index (χ3v) is 0.714. The van der Waals surface area contributed by atoms with Crippen LogP contribution < -0.4 is 0 Å². The fourth-order valence-corrected chi connectivity index (χ4v) is 0.365. The highest BCUT2D eigenvalue weighted by Gasteiger charge is 1.85. The Balaban J connectivity index is 2.76. The van der Waals surface area contributed by atoms with Gasteiger partial charge >= 0.3 is 0 Å². The molecule has 0 atom stereocenters. The van der Waals surface area contributed by atoms with Crippen LogP contribution in [0.5, 0.6) is 0 Å². The van der Waals surface area contributed by atoms with Crippen molar-refractivity contribution in [2.45, 2.75) is 6.61 Å². The lowest BCUT2D eigenvalue weighted by atomic mass is 10.5. The molecule has 1 aromatic heterocycles. The summed E-state index contributed by atoms with van der Waals surface area (Å²) >= 11 is 0. The van der Waals surface area contributed by atoms with Gasteiger partial charge in [0.15, 0.2) is 0 Å². The van der Waals surface area contributed by atoms with Crippen LogP contribution in [0, 0.1) is 0 Å². The van der Waals surface area contributed by atoms with E-state index in [1.807, 2.05) is 0 Å². The second-order valence-corrected chi connectivity index (χ2v) is 1.23. The van der Waals surface area contributed by atoms with Gasteiger partial charge in [0.25, 0.3) is 0 Å². The molecule has 0 aliphatic carbocycles. The molecule has 0 bridgehead atoms. The summed E-state index contributed by atoms with van der Waals surface area (Å²) in [6, 6.07) is 1.66. The maximum Gasteiger partial charge on any atom is 0.124 e. The minimum atomic E-state index is -0.208. The number of nitrogens with zero attached hydrogens (tertiary/aromatic N) is 1. The van der Waals surface area contributed by atoms with Gasteiger partial charge in [0, 0.05) is 6.20 Å². The Morgan fingerprint density at radius 1 is 1.86 bits per heavy atom. The summed E-state index contributed by atoms with van der Waals surface area (Å²) in [5.74, 6) is 0. The molecule has 0 aliphatic heterocycles. The molecule has 1 radical (unpaired) electrons. The smallest absolute Gasteiger partial charge is 0.124 e. The van der Waals surface area contributed by atoms with Crippen LogP contribution in [-0.2, 0) is 11.7 Å². The molecule has 1 aromatic rings. The summed E-state index contributed by atoms with van der Waals surface area (Å²) in [5.41, 5.74) is 0.639. The molecule has 1 N–H and O–H groups in total. The van der Waals surface area contributed by atoms with E-state index in [4.69, 9.17) is 0 Å². The molecule has 0 aliphatic rings. The maximum absolute atomic E-state index is 9.92. The number of aromatic amines is 1. The second kappa shape index (κ2) is 1.75. The van der Waals surface area contributed by atoms with Crippen LogP contribution in [0.1, 0.15) is 5.69 Å². The van der Waals surface area contributed by atoms with Crippen LogP contribution in [-0.4, -0.2) is 10.2 Å². The third-order valence-electron chi connectivity index (χ3n) is 0.714. The lowest BCUT2D eigenvalue weighted by Crippen LogP contribution is -1.77. The Morgan fingerprint density at radius 3 is 3.00 bits per heavy atom. The first-order chi connectivity index (χ1) is 3.43. The molecular weight excluding hydrogens is 92.1 g/mol. The normalized spacial score (nSPS) is 9.29. The third kappa shape index (κ3) is 0.778. The highest BCUT2D eigenvalue weighted by atomic mass is 16.3. The molecule has 7 heavy (non-hydrogen) atoms. The minimum absolute atomic E-state index is 0.208. The molecule has 37 valence electrons. The van der Waals surface area contributed by atoms with E-state index in [2.05, 4.69) is 10.2 Å². The van der Waals surface area contributed by atoms with E-state index < -0.39 is 0 Å². The summed E-state index contributed by atoms with van der Waals surface area (Å²) in [4.78, 5) is 0. The van der Waals surface area contributed by atoms with Gasteiger partial charge in [-0.3, -0.25) is 5.10 Å². The van der Waals surface area contributed by atoms with Crippen LogP contribution in [0.25, 0.3) is 0 Å². The Morgan fingerprint density at radius 2 is 2.71 bits per heavy atom. The van der Waals surface area contributed by atoms with Crippen molar-refractivity contribution in [2.24, 2.45) is 0 Å². The summed E-state index contributed by atoms with van der Waals surface area (Å²) < 4.78 is 0. The number of hydrogen-bond acceptors (Lipinski definition) is 1. The van der Waals surface area contributed by atoms with E-state index in [0.29, 0.717) is 5.69 Å². The van der Waals surface area contributed by atoms with Crippen LogP contribution in [0.3, 0.4) is 0 Å². The van der Waals surface area contributed by atoms with Crippen molar-refractivity contribution in [1.82, 2.24) is 10.2 Å². The van der Waals surface area contributed by atoms with Gasteiger partial charge in [0.05, 0.1) is 5.69 Å². The van der Waals surface area contributed by atoms with Crippen molar-refractivity contribution in [2.75, 3.05) is 0 Å². The lowest BCUT2D eigenvalue weighted by Gasteiger charge is -1.76. The van der Waals surface area contributed by atoms with Crippen molar-refractivity contribution < 1.29 is 5.11 Å². The number of hydrogen-bond donors (Lipinski definition) is 1. The van der Waals surface area contributed by atoms with Gasteiger partial charge in [-0.15, -0.1) is 0 Å². The molecule has 3 nitrogen and oxygen atoms in total. The SMILES string of the molecule is [O]Cc1ccn[nH]1. The Labute approximate surface area is 41.0 Å². The molecule has 0 saturated carbocycles. The Bertz CT molecular complexity index is 124. The van der Waals surface area contributed by atoms with E-state index >= 15 is 0 Å². The van der Waals surface area contributed by atoms with Gasteiger partial charge < -0.3 is 0 Å². The zero-order valence-corrected chi connectivity index (χ0v) is 3.72. The summed E-state index contributed by atoms with van der Waals surface area (Å²) in [7, 11) is 0. The van der Waals surface area contributed by atoms with E-state index in [-0.39, 0.29) is 6.61 Å². The first-order valence-electron chi connectivity index (χ1n) is 2.00. The Kier molecular flexibility index (Phi) is 1.08. The first kappa shape index (κ1) is 4.33. The number of rotatable bonds is 1.